The molecule has 1 heterocycles. The van der Waals surface area contributed by atoms with Gasteiger partial charge in [0.25, 0.3) is 0 Å². The van der Waals surface area contributed by atoms with Gasteiger partial charge in [0.15, 0.2) is 0 Å². The van der Waals surface area contributed by atoms with E-state index in [0.717, 1.165) is 11.3 Å². The number of hydrogen-bond acceptors (Lipinski definition) is 3. The number of hydrogen-bond donors (Lipinski definition) is 2. The van der Waals surface area contributed by atoms with Gasteiger partial charge in [-0.15, -0.1) is 0 Å². The zero-order valence-corrected chi connectivity index (χ0v) is 14.1. The van der Waals surface area contributed by atoms with Crippen molar-refractivity contribution in [3.8, 4) is 5.75 Å². The Labute approximate surface area is 137 Å². The largest absolute Gasteiger partial charge is 0.494 e. The van der Waals surface area contributed by atoms with Crippen molar-refractivity contribution in [3.05, 3.63) is 29.8 Å². The third kappa shape index (κ3) is 4.71. The Bertz CT molecular complexity index is 569. The molecule has 1 aliphatic rings. The zero-order chi connectivity index (χ0) is 16.9. The van der Waals surface area contributed by atoms with Crippen molar-refractivity contribution in [2.75, 3.05) is 6.61 Å². The van der Waals surface area contributed by atoms with Crippen LogP contribution in [0.15, 0.2) is 24.3 Å². The van der Waals surface area contributed by atoms with Crippen molar-refractivity contribution < 1.29 is 14.3 Å². The molecule has 0 saturated carbocycles. The van der Waals surface area contributed by atoms with Gasteiger partial charge in [0.1, 0.15) is 5.75 Å². The molecule has 5 nitrogen and oxygen atoms in total. The van der Waals surface area contributed by atoms with Crippen LogP contribution >= 0.6 is 0 Å². The molecular formula is C18H26N2O3. The lowest BCUT2D eigenvalue weighted by Crippen LogP contribution is -2.62. The molecule has 1 saturated heterocycles. The minimum absolute atomic E-state index is 0.00512. The second-order valence-electron chi connectivity index (χ2n) is 6.47. The highest BCUT2D eigenvalue weighted by Crippen LogP contribution is 2.21. The van der Waals surface area contributed by atoms with Gasteiger partial charge in [-0.1, -0.05) is 18.2 Å². The molecule has 0 aromatic heterocycles. The summed E-state index contributed by atoms with van der Waals surface area (Å²) in [5.41, 5.74) is 0.634. The number of ether oxygens (including phenoxy) is 1. The van der Waals surface area contributed by atoms with Crippen LogP contribution in [0.3, 0.4) is 0 Å². The molecule has 1 unspecified atom stereocenters. The van der Waals surface area contributed by atoms with E-state index in [1.165, 1.54) is 0 Å². The van der Waals surface area contributed by atoms with Gasteiger partial charge >= 0.3 is 0 Å². The van der Waals surface area contributed by atoms with Crippen molar-refractivity contribution in [1.29, 1.82) is 0 Å². The Kier molecular flexibility index (Phi) is 5.64. The number of amides is 2. The van der Waals surface area contributed by atoms with E-state index in [-0.39, 0.29) is 17.9 Å². The molecule has 0 bridgehead atoms. The maximum Gasteiger partial charge on any atom is 0.220 e. The summed E-state index contributed by atoms with van der Waals surface area (Å²) in [7, 11) is 0. The molecule has 2 rings (SSSR count). The van der Waals surface area contributed by atoms with Crippen LogP contribution in [-0.4, -0.2) is 30.0 Å². The van der Waals surface area contributed by atoms with Crippen molar-refractivity contribution in [1.82, 2.24) is 10.6 Å². The van der Waals surface area contributed by atoms with E-state index < -0.39 is 5.54 Å². The Balaban J connectivity index is 1.89. The molecule has 1 aromatic carbocycles. The summed E-state index contributed by atoms with van der Waals surface area (Å²) in [5, 5.41) is 5.99. The molecule has 1 aromatic rings. The monoisotopic (exact) mass is 318 g/mol. The second kappa shape index (κ2) is 7.49. The molecule has 1 atom stereocenters. The van der Waals surface area contributed by atoms with E-state index in [1.807, 2.05) is 45.0 Å². The molecule has 2 amide bonds. The standard InChI is InChI=1S/C18H26N2O3/c1-4-23-14-8-6-5-7-13(14)9-11-16(21)19-15-10-12-17(22)20-18(15,2)3/h5-8,15H,4,9-12H2,1-3H3,(H,19,21)(H,20,22). The Hall–Kier alpha value is -2.04. The third-order valence-electron chi connectivity index (χ3n) is 4.22. The molecule has 23 heavy (non-hydrogen) atoms. The SMILES string of the molecule is CCOc1ccccc1CCC(=O)NC1CCC(=O)NC1(C)C. The van der Waals surface area contributed by atoms with Gasteiger partial charge in [0.2, 0.25) is 11.8 Å². The first-order chi connectivity index (χ1) is 10.9. The first kappa shape index (κ1) is 17.3. The highest BCUT2D eigenvalue weighted by Gasteiger charge is 2.36. The Morgan fingerprint density at radius 3 is 2.83 bits per heavy atom. The highest BCUT2D eigenvalue weighted by atomic mass is 16.5. The predicted molar refractivity (Wildman–Crippen MR) is 89.3 cm³/mol. The topological polar surface area (TPSA) is 67.4 Å². The average molecular weight is 318 g/mol. The predicted octanol–water partition coefficient (Wildman–Crippen LogP) is 2.19. The molecule has 1 fully saturated rings. The van der Waals surface area contributed by atoms with Crippen molar-refractivity contribution in [2.24, 2.45) is 0 Å². The van der Waals surface area contributed by atoms with E-state index in [9.17, 15) is 9.59 Å². The average Bonchev–Trinajstić information content (AvgIpc) is 2.49. The first-order valence-electron chi connectivity index (χ1n) is 8.23. The first-order valence-corrected chi connectivity index (χ1v) is 8.23. The molecule has 0 spiro atoms. The number of benzene rings is 1. The van der Waals surface area contributed by atoms with Crippen LogP contribution in [0.1, 0.15) is 45.6 Å². The molecule has 2 N–H and O–H groups in total. The minimum Gasteiger partial charge on any atom is -0.494 e. The third-order valence-corrected chi connectivity index (χ3v) is 4.22. The van der Waals surface area contributed by atoms with E-state index in [2.05, 4.69) is 10.6 Å². The fraction of sp³-hybridized carbons (Fsp3) is 0.556. The van der Waals surface area contributed by atoms with Gasteiger partial charge < -0.3 is 15.4 Å². The molecule has 5 heteroatoms. The van der Waals surface area contributed by atoms with Crippen LogP contribution in [0.5, 0.6) is 5.75 Å². The van der Waals surface area contributed by atoms with E-state index >= 15 is 0 Å². The number of nitrogens with one attached hydrogen (secondary N) is 2. The van der Waals surface area contributed by atoms with Crippen LogP contribution < -0.4 is 15.4 Å². The van der Waals surface area contributed by atoms with Gasteiger partial charge in [-0.25, -0.2) is 0 Å². The smallest absolute Gasteiger partial charge is 0.220 e. The maximum atomic E-state index is 12.3. The van der Waals surface area contributed by atoms with Crippen LogP contribution in [-0.2, 0) is 16.0 Å². The lowest BCUT2D eigenvalue weighted by Gasteiger charge is -2.39. The number of para-hydroxylation sites is 1. The Morgan fingerprint density at radius 1 is 1.39 bits per heavy atom. The molecule has 1 aliphatic heterocycles. The summed E-state index contributed by atoms with van der Waals surface area (Å²) in [4.78, 5) is 23.7. The molecular weight excluding hydrogens is 292 g/mol. The maximum absolute atomic E-state index is 12.3. The summed E-state index contributed by atoms with van der Waals surface area (Å²) in [5.74, 6) is 0.893. The van der Waals surface area contributed by atoms with Gasteiger partial charge in [-0.05, 0) is 45.2 Å². The lowest BCUT2D eigenvalue weighted by molar-refractivity contribution is -0.128. The van der Waals surface area contributed by atoms with Crippen LogP contribution in [0.25, 0.3) is 0 Å². The van der Waals surface area contributed by atoms with Crippen LogP contribution in [0, 0.1) is 0 Å². The van der Waals surface area contributed by atoms with Crippen molar-refractivity contribution in [3.63, 3.8) is 0 Å². The van der Waals surface area contributed by atoms with E-state index in [0.29, 0.717) is 32.3 Å². The second-order valence-corrected chi connectivity index (χ2v) is 6.47. The van der Waals surface area contributed by atoms with Crippen LogP contribution in [0.4, 0.5) is 0 Å². The number of rotatable bonds is 6. The van der Waals surface area contributed by atoms with Gasteiger partial charge in [-0.3, -0.25) is 9.59 Å². The summed E-state index contributed by atoms with van der Waals surface area (Å²) in [6, 6.07) is 7.77. The van der Waals surface area contributed by atoms with Crippen molar-refractivity contribution >= 4 is 11.8 Å². The summed E-state index contributed by atoms with van der Waals surface area (Å²) < 4.78 is 5.58. The zero-order valence-electron chi connectivity index (χ0n) is 14.1. The quantitative estimate of drug-likeness (QED) is 0.845. The summed E-state index contributed by atoms with van der Waals surface area (Å²) in [6.45, 7) is 6.45. The van der Waals surface area contributed by atoms with Gasteiger partial charge in [-0.2, -0.15) is 0 Å². The molecule has 0 aliphatic carbocycles. The fourth-order valence-electron chi connectivity index (χ4n) is 2.92. The van der Waals surface area contributed by atoms with E-state index in [1.54, 1.807) is 0 Å². The molecule has 126 valence electrons. The summed E-state index contributed by atoms with van der Waals surface area (Å²) in [6.07, 6.45) is 2.19. The van der Waals surface area contributed by atoms with E-state index in [4.69, 9.17) is 4.74 Å². The minimum atomic E-state index is -0.409. The van der Waals surface area contributed by atoms with Gasteiger partial charge in [0.05, 0.1) is 18.2 Å². The number of carbonyl (C=O) groups excluding carboxylic acids is 2. The number of aryl methyl sites for hydroxylation is 1. The molecule has 0 radical (unpaired) electrons. The van der Waals surface area contributed by atoms with Crippen LogP contribution in [0.2, 0.25) is 0 Å². The highest BCUT2D eigenvalue weighted by molar-refractivity contribution is 5.80. The number of piperidine rings is 1. The normalized spacial score (nSPS) is 19.8. The lowest BCUT2D eigenvalue weighted by atomic mass is 9.86. The Morgan fingerprint density at radius 2 is 2.13 bits per heavy atom. The van der Waals surface area contributed by atoms with Crippen molar-refractivity contribution in [2.45, 2.75) is 58.0 Å². The van der Waals surface area contributed by atoms with Gasteiger partial charge in [0, 0.05) is 12.8 Å². The number of carbonyl (C=O) groups is 2. The summed E-state index contributed by atoms with van der Waals surface area (Å²) >= 11 is 0. The fourth-order valence-corrected chi connectivity index (χ4v) is 2.92.